The number of fused-ring (bicyclic) bond motifs is 2. The van der Waals surface area contributed by atoms with Crippen LogP contribution in [0.25, 0.3) is 37.8 Å². The number of likely N-dealkylation sites (N-methyl/N-ethyl adjacent to an activating group) is 1. The molecule has 0 radical (unpaired) electrons. The molecule has 224 valence electrons. The van der Waals surface area contributed by atoms with Gasteiger partial charge in [0.25, 0.3) is 0 Å². The first-order chi connectivity index (χ1) is 20.1. The molecule has 0 aliphatic carbocycles. The lowest BCUT2D eigenvalue weighted by Gasteiger charge is -2.39. The third-order valence-corrected chi connectivity index (χ3v) is 8.22. The maximum atomic E-state index is 12.5. The molecule has 0 saturated carbocycles. The molecule has 2 fully saturated rings. The van der Waals surface area contributed by atoms with Crippen LogP contribution < -0.4 is 9.64 Å². The number of carbonyl (C=O) groups is 1. The Labute approximate surface area is 266 Å². The Morgan fingerprint density at radius 2 is 1.91 bits per heavy atom. The molecule has 0 unspecified atom stereocenters. The predicted octanol–water partition coefficient (Wildman–Crippen LogP) is 4.67. The minimum atomic E-state index is -0.267. The van der Waals surface area contributed by atoms with Crippen molar-refractivity contribution in [3.63, 3.8) is 0 Å². The van der Waals surface area contributed by atoms with Crippen LogP contribution in [0.2, 0.25) is 0 Å². The fraction of sp³-hybridized carbons (Fsp3) is 0.344. The Hall–Kier alpha value is -3.85. The molecule has 0 spiro atoms. The molecule has 2 atom stereocenters. The van der Waals surface area contributed by atoms with Crippen LogP contribution in [0.3, 0.4) is 0 Å². The van der Waals surface area contributed by atoms with Gasteiger partial charge in [-0.2, -0.15) is 37.0 Å². The number of hydrogen-bond donors (Lipinski definition) is 0. The van der Waals surface area contributed by atoms with Gasteiger partial charge in [0, 0.05) is 37.4 Å². The lowest BCUT2D eigenvalue weighted by atomic mass is 10.0. The second-order valence-electron chi connectivity index (χ2n) is 10.7. The number of rotatable bonds is 7. The zero-order chi connectivity index (χ0) is 28.3. The van der Waals surface area contributed by atoms with Crippen LogP contribution in [0.15, 0.2) is 67.4 Å². The average Bonchev–Trinajstić information content (AvgIpc) is 3.43. The number of piperazine rings is 1. The molecule has 6 rings (SSSR count). The Morgan fingerprint density at radius 1 is 1.09 bits per heavy atom. The normalized spacial score (nSPS) is 18.5. The van der Waals surface area contributed by atoms with Gasteiger partial charge in [-0.25, -0.2) is 6.57 Å². The van der Waals surface area contributed by atoms with Crippen LogP contribution >= 0.6 is 27.0 Å². The van der Waals surface area contributed by atoms with Crippen LogP contribution in [0.5, 0.6) is 6.01 Å². The maximum Gasteiger partial charge on any atom is 0.319 e. The summed E-state index contributed by atoms with van der Waals surface area (Å²) in [6, 6.07) is 16.9. The number of benzene rings is 2. The number of anilines is 1. The summed E-state index contributed by atoms with van der Waals surface area (Å²) in [5.74, 6) is 0.555. The monoisotopic (exact) mass is 615 g/mol. The zero-order valence-corrected chi connectivity index (χ0v) is 26.2. The topological polar surface area (TPSA) is 79.1 Å². The number of hydrogen-bond acceptors (Lipinski definition) is 7. The van der Waals surface area contributed by atoms with Crippen molar-refractivity contribution in [2.24, 2.45) is 0 Å². The van der Waals surface area contributed by atoms with Gasteiger partial charge < -0.3 is 24.3 Å². The van der Waals surface area contributed by atoms with E-state index in [-0.39, 0.29) is 45.5 Å². The predicted molar refractivity (Wildman–Crippen MR) is 182 cm³/mol. The van der Waals surface area contributed by atoms with Crippen LogP contribution in [0.1, 0.15) is 12.8 Å². The number of carbonyl (C=O) groups excluding carboxylic acids is 1. The highest BCUT2D eigenvalue weighted by Crippen LogP contribution is 2.33. The minimum Gasteiger partial charge on any atom is -0.462 e. The van der Waals surface area contributed by atoms with Gasteiger partial charge in [0.15, 0.2) is 0 Å². The summed E-state index contributed by atoms with van der Waals surface area (Å²) in [5.41, 5.74) is 2.61. The van der Waals surface area contributed by atoms with Gasteiger partial charge in [-0.3, -0.25) is 9.78 Å². The van der Waals surface area contributed by atoms with E-state index in [1.54, 1.807) is 4.90 Å². The number of ether oxygens (including phenoxy) is 1. The van der Waals surface area contributed by atoms with Gasteiger partial charge in [-0.15, -0.1) is 0 Å². The highest BCUT2D eigenvalue weighted by molar-refractivity contribution is 7.59. The lowest BCUT2D eigenvalue weighted by Crippen LogP contribution is -2.56. The Balaban J connectivity index is 0.00000212. The molecule has 4 heterocycles. The molecule has 0 N–H and O–H groups in total. The third-order valence-electron chi connectivity index (χ3n) is 8.22. The van der Waals surface area contributed by atoms with Crippen molar-refractivity contribution in [3.05, 3.63) is 78.8 Å². The van der Waals surface area contributed by atoms with Crippen molar-refractivity contribution < 1.29 is 9.53 Å². The zero-order valence-electron chi connectivity index (χ0n) is 24.2. The Bertz CT molecular complexity index is 1660. The third kappa shape index (κ3) is 6.56. The van der Waals surface area contributed by atoms with Crippen molar-refractivity contribution in [1.82, 2.24) is 24.8 Å². The first kappa shape index (κ1) is 32.1. The largest absolute Gasteiger partial charge is 0.462 e. The molecule has 2 aliphatic rings. The van der Waals surface area contributed by atoms with E-state index in [4.69, 9.17) is 26.3 Å². The van der Waals surface area contributed by atoms with Crippen molar-refractivity contribution >= 4 is 60.4 Å². The second-order valence-corrected chi connectivity index (χ2v) is 10.7. The smallest absolute Gasteiger partial charge is 0.319 e. The molecule has 2 aliphatic heterocycles. The highest BCUT2D eigenvalue weighted by Gasteiger charge is 2.33. The first-order valence-corrected chi connectivity index (χ1v) is 14.1. The molecular weight excluding hydrogens is 579 g/mol. The molecule has 2 saturated heterocycles. The molecule has 1 amide bonds. The molecule has 43 heavy (non-hydrogen) atoms. The van der Waals surface area contributed by atoms with E-state index in [1.165, 1.54) is 6.08 Å². The fourth-order valence-electron chi connectivity index (χ4n) is 5.97. The standard InChI is InChI=1S/C32H33N7O2.2H2S/c1-4-30(40)39-16-15-38(20-24(39)18-33-2)31-27-19-34-28(26-13-7-10-22-9-5-6-12-25(22)26)17-29(27)35-32(36-31)41-21-23-11-8-14-37(23)3;;/h4-7,9-10,12-13,17,19,23-24H,1,8,11,14-16,18,20-21H2,3H3;2*1H2/t23-,24-;;/m0../s1. The van der Waals surface area contributed by atoms with E-state index in [0.717, 1.165) is 52.3 Å². The summed E-state index contributed by atoms with van der Waals surface area (Å²) < 4.78 is 6.23. The minimum absolute atomic E-state index is 0. The SMILES string of the molecule is S.S.[C-]#[N+]C[C@H]1CN(c2nc(OC[C@@H]3CCCN3C)nc3cc(-c4cccc5ccccc45)ncc23)CCN1C(=O)C=C. The van der Waals surface area contributed by atoms with Gasteiger partial charge in [0.2, 0.25) is 12.5 Å². The molecule has 11 heteroatoms. The summed E-state index contributed by atoms with van der Waals surface area (Å²) in [5, 5.41) is 3.09. The van der Waals surface area contributed by atoms with Crippen molar-refractivity contribution in [3.8, 4) is 17.3 Å². The summed E-state index contributed by atoms with van der Waals surface area (Å²) in [6.07, 6.45) is 5.40. The van der Waals surface area contributed by atoms with E-state index < -0.39 is 0 Å². The van der Waals surface area contributed by atoms with Crippen LogP contribution in [0.4, 0.5) is 5.82 Å². The Morgan fingerprint density at radius 3 is 2.67 bits per heavy atom. The van der Waals surface area contributed by atoms with Crippen LogP contribution in [0, 0.1) is 6.57 Å². The molecule has 2 aromatic carbocycles. The molecule has 9 nitrogen and oxygen atoms in total. The van der Waals surface area contributed by atoms with Crippen molar-refractivity contribution in [2.45, 2.75) is 24.9 Å². The summed E-state index contributed by atoms with van der Waals surface area (Å²) in [7, 11) is 2.12. The molecule has 2 aromatic heterocycles. The van der Waals surface area contributed by atoms with Crippen LogP contribution in [-0.2, 0) is 4.79 Å². The van der Waals surface area contributed by atoms with Gasteiger partial charge in [-0.1, -0.05) is 49.0 Å². The van der Waals surface area contributed by atoms with E-state index in [1.807, 2.05) is 30.5 Å². The first-order valence-electron chi connectivity index (χ1n) is 14.1. The number of pyridine rings is 1. The highest BCUT2D eigenvalue weighted by atomic mass is 32.1. The molecule has 4 aromatic rings. The summed E-state index contributed by atoms with van der Waals surface area (Å²) in [4.78, 5) is 36.9. The van der Waals surface area contributed by atoms with E-state index >= 15 is 0 Å². The van der Waals surface area contributed by atoms with Crippen LogP contribution in [-0.4, -0.2) is 89.1 Å². The van der Waals surface area contributed by atoms with E-state index in [9.17, 15) is 4.79 Å². The fourth-order valence-corrected chi connectivity index (χ4v) is 5.97. The maximum absolute atomic E-state index is 12.5. The van der Waals surface area contributed by atoms with Gasteiger partial charge in [0.1, 0.15) is 18.5 Å². The van der Waals surface area contributed by atoms with E-state index in [0.29, 0.717) is 44.1 Å². The number of aromatic nitrogens is 3. The Kier molecular flexibility index (Phi) is 10.5. The van der Waals surface area contributed by atoms with Crippen molar-refractivity contribution in [1.29, 1.82) is 0 Å². The second kappa shape index (κ2) is 14.1. The number of nitrogens with zero attached hydrogens (tertiary/aromatic N) is 7. The van der Waals surface area contributed by atoms with Gasteiger partial charge in [-0.05, 0) is 49.3 Å². The van der Waals surface area contributed by atoms with E-state index in [2.05, 4.69) is 52.5 Å². The quantitative estimate of drug-likeness (QED) is 0.221. The molecule has 0 bridgehead atoms. The summed E-state index contributed by atoms with van der Waals surface area (Å²) >= 11 is 0. The lowest BCUT2D eigenvalue weighted by molar-refractivity contribution is -0.128. The molecular formula is C32H37N7O2S2. The van der Waals surface area contributed by atoms with Gasteiger partial charge in [0.05, 0.1) is 16.6 Å². The van der Waals surface area contributed by atoms with Crippen molar-refractivity contribution in [2.75, 3.05) is 51.3 Å². The summed E-state index contributed by atoms with van der Waals surface area (Å²) in [6.45, 7) is 14.4. The average molecular weight is 616 g/mol. The number of likely N-dealkylation sites (tertiary alicyclic amines) is 1. The number of amides is 1. The van der Waals surface area contributed by atoms with Gasteiger partial charge >= 0.3 is 6.01 Å².